The molecule has 0 bridgehead atoms. The van der Waals surface area contributed by atoms with Crippen LogP contribution in [0.15, 0.2) is 30.7 Å². The van der Waals surface area contributed by atoms with Crippen LogP contribution in [0.2, 0.25) is 0 Å². The molecule has 0 aromatic carbocycles. The summed E-state index contributed by atoms with van der Waals surface area (Å²) in [4.78, 5) is 22.3. The summed E-state index contributed by atoms with van der Waals surface area (Å²) in [5.41, 5.74) is 1.11. The van der Waals surface area contributed by atoms with Gasteiger partial charge in [0.2, 0.25) is 0 Å². The number of hydrogen-bond acceptors (Lipinski definition) is 7. The highest BCUT2D eigenvalue weighted by Gasteiger charge is 2.23. The number of piperidine rings is 1. The number of rotatable bonds is 3. The predicted octanol–water partition coefficient (Wildman–Crippen LogP) is 0.622. The molecule has 1 amide bonds. The number of nitrogens with one attached hydrogen (secondary N) is 1. The Morgan fingerprint density at radius 3 is 3.04 bits per heavy atom. The molecule has 4 rings (SSSR count). The van der Waals surface area contributed by atoms with Crippen molar-refractivity contribution < 1.29 is 4.79 Å². The summed E-state index contributed by atoms with van der Waals surface area (Å²) in [6, 6.07) is 5.51. The van der Waals surface area contributed by atoms with Crippen molar-refractivity contribution in [3.05, 3.63) is 42.2 Å². The van der Waals surface area contributed by atoms with Crippen molar-refractivity contribution in [1.82, 2.24) is 35.1 Å². The zero-order chi connectivity index (χ0) is 17.2. The van der Waals surface area contributed by atoms with Gasteiger partial charge in [0.1, 0.15) is 17.8 Å². The van der Waals surface area contributed by atoms with Crippen molar-refractivity contribution in [2.75, 3.05) is 18.0 Å². The van der Waals surface area contributed by atoms with Crippen molar-refractivity contribution >= 4 is 17.4 Å². The fraction of sp³-hybridized carbons (Fsp3) is 0.375. The van der Waals surface area contributed by atoms with Gasteiger partial charge in [0.15, 0.2) is 11.5 Å². The number of fused-ring (bicyclic) bond motifs is 1. The van der Waals surface area contributed by atoms with E-state index in [0.29, 0.717) is 12.2 Å². The molecule has 1 saturated heterocycles. The Bertz CT molecular complexity index is 894. The number of amides is 1. The largest absolute Gasteiger partial charge is 0.353 e. The molecule has 1 atom stereocenters. The Morgan fingerprint density at radius 1 is 1.28 bits per heavy atom. The SMILES string of the molecule is Cc1nnc2ccc(N3CCCC(NC(=O)c4ccncn4)C3)nn12. The second-order valence-corrected chi connectivity index (χ2v) is 6.06. The van der Waals surface area contributed by atoms with Crippen molar-refractivity contribution in [1.29, 1.82) is 0 Å². The van der Waals surface area contributed by atoms with Crippen LogP contribution in [0.3, 0.4) is 0 Å². The summed E-state index contributed by atoms with van der Waals surface area (Å²) in [5, 5.41) is 15.8. The Kier molecular flexibility index (Phi) is 3.96. The van der Waals surface area contributed by atoms with E-state index in [1.54, 1.807) is 16.8 Å². The lowest BCUT2D eigenvalue weighted by Crippen LogP contribution is -2.48. The van der Waals surface area contributed by atoms with Crippen molar-refractivity contribution in [2.24, 2.45) is 0 Å². The lowest BCUT2D eigenvalue weighted by molar-refractivity contribution is 0.0928. The molecular weight excluding hydrogens is 320 g/mol. The van der Waals surface area contributed by atoms with Gasteiger partial charge in [-0.15, -0.1) is 15.3 Å². The molecule has 3 aromatic heterocycles. The van der Waals surface area contributed by atoms with Crippen LogP contribution in [0, 0.1) is 6.92 Å². The van der Waals surface area contributed by atoms with E-state index in [0.717, 1.165) is 36.7 Å². The number of aryl methyl sites for hydroxylation is 1. The van der Waals surface area contributed by atoms with Crippen molar-refractivity contribution in [3.8, 4) is 0 Å². The van der Waals surface area contributed by atoms with Crippen LogP contribution in [0.4, 0.5) is 5.82 Å². The molecule has 3 aromatic rings. The summed E-state index contributed by atoms with van der Waals surface area (Å²) in [6.07, 6.45) is 4.86. The Hall–Kier alpha value is -3.10. The molecule has 1 aliphatic heterocycles. The smallest absolute Gasteiger partial charge is 0.270 e. The summed E-state index contributed by atoms with van der Waals surface area (Å²) >= 11 is 0. The van der Waals surface area contributed by atoms with E-state index in [1.807, 2.05) is 19.1 Å². The monoisotopic (exact) mass is 338 g/mol. The average molecular weight is 338 g/mol. The first-order valence-corrected chi connectivity index (χ1v) is 8.21. The van der Waals surface area contributed by atoms with Gasteiger partial charge in [-0.25, -0.2) is 9.97 Å². The molecule has 1 fully saturated rings. The highest BCUT2D eigenvalue weighted by molar-refractivity contribution is 5.92. The maximum Gasteiger partial charge on any atom is 0.270 e. The first-order chi connectivity index (χ1) is 12.2. The van der Waals surface area contributed by atoms with Crippen LogP contribution >= 0.6 is 0 Å². The Balaban J connectivity index is 1.48. The van der Waals surface area contributed by atoms with E-state index >= 15 is 0 Å². The van der Waals surface area contributed by atoms with Crippen LogP contribution in [-0.4, -0.2) is 54.8 Å². The summed E-state index contributed by atoms with van der Waals surface area (Å²) < 4.78 is 1.73. The molecule has 9 nitrogen and oxygen atoms in total. The molecule has 4 heterocycles. The van der Waals surface area contributed by atoms with Crippen LogP contribution in [0.25, 0.3) is 5.65 Å². The third-order valence-corrected chi connectivity index (χ3v) is 4.30. The van der Waals surface area contributed by atoms with Crippen LogP contribution in [-0.2, 0) is 0 Å². The average Bonchev–Trinajstić information content (AvgIpc) is 3.03. The Morgan fingerprint density at radius 2 is 2.20 bits per heavy atom. The second-order valence-electron chi connectivity index (χ2n) is 6.06. The van der Waals surface area contributed by atoms with Gasteiger partial charge < -0.3 is 10.2 Å². The van der Waals surface area contributed by atoms with E-state index in [1.165, 1.54) is 6.33 Å². The quantitative estimate of drug-likeness (QED) is 0.747. The van der Waals surface area contributed by atoms with Gasteiger partial charge >= 0.3 is 0 Å². The lowest BCUT2D eigenvalue weighted by atomic mass is 10.1. The molecule has 128 valence electrons. The molecule has 1 unspecified atom stereocenters. The van der Waals surface area contributed by atoms with Gasteiger partial charge in [0.25, 0.3) is 5.91 Å². The lowest BCUT2D eigenvalue weighted by Gasteiger charge is -2.33. The van der Waals surface area contributed by atoms with E-state index < -0.39 is 0 Å². The summed E-state index contributed by atoms with van der Waals surface area (Å²) in [5.74, 6) is 1.44. The topological polar surface area (TPSA) is 101 Å². The molecule has 0 radical (unpaired) electrons. The summed E-state index contributed by atoms with van der Waals surface area (Å²) in [6.45, 7) is 3.48. The van der Waals surface area contributed by atoms with Crippen molar-refractivity contribution in [2.45, 2.75) is 25.8 Å². The van der Waals surface area contributed by atoms with E-state index in [-0.39, 0.29) is 11.9 Å². The van der Waals surface area contributed by atoms with Crippen molar-refractivity contribution in [3.63, 3.8) is 0 Å². The number of nitrogens with zero attached hydrogens (tertiary/aromatic N) is 7. The van der Waals surface area contributed by atoms with Gasteiger partial charge in [-0.05, 0) is 38.0 Å². The third-order valence-electron chi connectivity index (χ3n) is 4.30. The van der Waals surface area contributed by atoms with Crippen LogP contribution in [0.1, 0.15) is 29.2 Å². The highest BCUT2D eigenvalue weighted by atomic mass is 16.1. The fourth-order valence-corrected chi connectivity index (χ4v) is 3.04. The Labute approximate surface area is 144 Å². The maximum absolute atomic E-state index is 12.3. The minimum atomic E-state index is -0.174. The summed E-state index contributed by atoms with van der Waals surface area (Å²) in [7, 11) is 0. The number of hydrogen-bond donors (Lipinski definition) is 1. The highest BCUT2D eigenvalue weighted by Crippen LogP contribution is 2.18. The van der Waals surface area contributed by atoms with E-state index in [2.05, 4.69) is 35.5 Å². The number of aromatic nitrogens is 6. The number of carbonyl (C=O) groups excluding carboxylic acids is 1. The molecule has 0 spiro atoms. The second kappa shape index (κ2) is 6.42. The van der Waals surface area contributed by atoms with Crippen LogP contribution < -0.4 is 10.2 Å². The molecule has 1 N–H and O–H groups in total. The van der Waals surface area contributed by atoms with Gasteiger partial charge in [-0.3, -0.25) is 4.79 Å². The van der Waals surface area contributed by atoms with E-state index in [9.17, 15) is 4.79 Å². The maximum atomic E-state index is 12.3. The van der Waals surface area contributed by atoms with Gasteiger partial charge in [-0.1, -0.05) is 0 Å². The minimum Gasteiger partial charge on any atom is -0.353 e. The number of anilines is 1. The van der Waals surface area contributed by atoms with Gasteiger partial charge in [0.05, 0.1) is 0 Å². The van der Waals surface area contributed by atoms with E-state index in [4.69, 9.17) is 0 Å². The molecule has 0 saturated carbocycles. The van der Waals surface area contributed by atoms with Crippen LogP contribution in [0.5, 0.6) is 0 Å². The molecule has 1 aliphatic rings. The molecule has 0 aliphatic carbocycles. The zero-order valence-corrected chi connectivity index (χ0v) is 13.8. The zero-order valence-electron chi connectivity index (χ0n) is 13.8. The van der Waals surface area contributed by atoms with Gasteiger partial charge in [0, 0.05) is 25.3 Å². The predicted molar refractivity (Wildman–Crippen MR) is 90.3 cm³/mol. The third kappa shape index (κ3) is 3.12. The first-order valence-electron chi connectivity index (χ1n) is 8.21. The molecular formula is C16H18N8O. The first kappa shape index (κ1) is 15.4. The molecule has 25 heavy (non-hydrogen) atoms. The minimum absolute atomic E-state index is 0.0516. The normalized spacial score (nSPS) is 17.6. The molecule has 9 heteroatoms. The fourth-order valence-electron chi connectivity index (χ4n) is 3.04. The van der Waals surface area contributed by atoms with Gasteiger partial charge in [-0.2, -0.15) is 4.52 Å². The number of carbonyl (C=O) groups is 1. The standard InChI is InChI=1S/C16H18N8O/c1-11-20-21-14-4-5-15(22-24(11)14)23-8-2-3-12(9-23)19-16(25)13-6-7-17-10-18-13/h4-7,10,12H,2-3,8-9H2,1H3,(H,19,25).